The van der Waals surface area contributed by atoms with Gasteiger partial charge in [-0.1, -0.05) is 110 Å². The Morgan fingerprint density at radius 1 is 0.750 bits per heavy atom. The number of rotatable bonds is 20. The highest BCUT2D eigenvalue weighted by Crippen LogP contribution is 2.26. The lowest BCUT2D eigenvalue weighted by Gasteiger charge is -2.29. The van der Waals surface area contributed by atoms with E-state index in [0.717, 1.165) is 31.8 Å². The summed E-state index contributed by atoms with van der Waals surface area (Å²) < 4.78 is 5.37. The molecular weight excluding hydrogens is 350 g/mol. The van der Waals surface area contributed by atoms with Crippen LogP contribution in [0.3, 0.4) is 0 Å². The number of esters is 1. The minimum atomic E-state index is -1.17. The summed E-state index contributed by atoms with van der Waals surface area (Å²) in [5, 5.41) is 0. The summed E-state index contributed by atoms with van der Waals surface area (Å²) in [5.74, 6) is -1.11. The molecule has 0 saturated heterocycles. The maximum Gasteiger partial charge on any atom is 0.331 e. The molecule has 4 heteroatoms. The summed E-state index contributed by atoms with van der Waals surface area (Å²) in [4.78, 5) is 23.5. The number of carbonyl (C=O) groups excluding carboxylic acids is 2. The smallest absolute Gasteiger partial charge is 0.331 e. The molecule has 0 fully saturated rings. The molecule has 0 heterocycles. The summed E-state index contributed by atoms with van der Waals surface area (Å²) in [6.45, 7) is 7.63. The van der Waals surface area contributed by atoms with Gasteiger partial charge in [0.05, 0.1) is 0 Å². The van der Waals surface area contributed by atoms with Crippen LogP contribution in [0.5, 0.6) is 0 Å². The van der Waals surface area contributed by atoms with Crippen LogP contribution in [-0.2, 0) is 14.3 Å². The monoisotopic (exact) mass is 395 g/mol. The van der Waals surface area contributed by atoms with Gasteiger partial charge in [0.25, 0.3) is 5.91 Å². The summed E-state index contributed by atoms with van der Waals surface area (Å²) in [6.07, 6.45) is 20.8. The van der Waals surface area contributed by atoms with E-state index in [9.17, 15) is 9.59 Å². The molecule has 164 valence electrons. The molecule has 0 rings (SSSR count). The van der Waals surface area contributed by atoms with Crippen LogP contribution in [0.1, 0.15) is 123 Å². The third-order valence-electron chi connectivity index (χ3n) is 5.50. The highest BCUT2D eigenvalue weighted by atomic mass is 16.6. The quantitative estimate of drug-likeness (QED) is 0.143. The lowest BCUT2D eigenvalue weighted by atomic mass is 9.90. The van der Waals surface area contributed by atoms with Crippen LogP contribution in [0.2, 0.25) is 0 Å². The van der Waals surface area contributed by atoms with E-state index in [1.807, 2.05) is 6.92 Å². The number of amides is 1. The van der Waals surface area contributed by atoms with Crippen molar-refractivity contribution in [1.82, 2.24) is 0 Å². The minimum absolute atomic E-state index is 0.473. The van der Waals surface area contributed by atoms with Crippen molar-refractivity contribution in [2.45, 2.75) is 129 Å². The van der Waals surface area contributed by atoms with Crippen molar-refractivity contribution in [3.63, 3.8) is 0 Å². The van der Waals surface area contributed by atoms with Crippen LogP contribution in [0, 0.1) is 0 Å². The first-order valence-corrected chi connectivity index (χ1v) is 11.7. The molecule has 0 spiro atoms. The third-order valence-corrected chi connectivity index (χ3v) is 5.50. The van der Waals surface area contributed by atoms with Gasteiger partial charge in [0.1, 0.15) is 0 Å². The van der Waals surface area contributed by atoms with Crippen molar-refractivity contribution in [3.8, 4) is 0 Å². The molecule has 4 nitrogen and oxygen atoms in total. The van der Waals surface area contributed by atoms with Gasteiger partial charge in [-0.05, 0) is 19.3 Å². The fraction of sp³-hybridized carbons (Fsp3) is 0.833. The van der Waals surface area contributed by atoms with Gasteiger partial charge in [-0.3, -0.25) is 4.79 Å². The third kappa shape index (κ3) is 13.0. The molecule has 1 unspecified atom stereocenters. The van der Waals surface area contributed by atoms with Crippen molar-refractivity contribution in [2.24, 2.45) is 5.73 Å². The number of carbonyl (C=O) groups is 2. The van der Waals surface area contributed by atoms with E-state index < -0.39 is 17.5 Å². The number of hydrogen-bond acceptors (Lipinski definition) is 3. The molecule has 28 heavy (non-hydrogen) atoms. The lowest BCUT2D eigenvalue weighted by molar-refractivity contribution is -0.164. The van der Waals surface area contributed by atoms with Gasteiger partial charge in [-0.25, -0.2) is 4.79 Å². The Hall–Kier alpha value is -1.32. The number of hydrogen-bond donors (Lipinski definition) is 1. The highest BCUT2D eigenvalue weighted by molar-refractivity contribution is 5.89. The van der Waals surface area contributed by atoms with Crippen molar-refractivity contribution >= 4 is 11.9 Å². The highest BCUT2D eigenvalue weighted by Gasteiger charge is 2.38. The Kier molecular flexibility index (Phi) is 16.9. The summed E-state index contributed by atoms with van der Waals surface area (Å²) >= 11 is 0. The average Bonchev–Trinajstić information content (AvgIpc) is 2.67. The lowest BCUT2D eigenvalue weighted by Crippen LogP contribution is -2.47. The standard InChI is InChI=1S/C24H45NO3/c1-4-7-8-9-10-11-12-13-14-15-16-17-18-19-21-24(20-5-2,23(25)27)28-22(26)6-3/h6H,3-5,7-21H2,1-2H3,(H2,25,27). The molecule has 0 aliphatic heterocycles. The summed E-state index contributed by atoms with van der Waals surface area (Å²) in [7, 11) is 0. The topological polar surface area (TPSA) is 69.4 Å². The zero-order valence-electron chi connectivity index (χ0n) is 18.6. The fourth-order valence-electron chi connectivity index (χ4n) is 3.77. The SMILES string of the molecule is C=CC(=O)OC(CCC)(CCCCCCCCCCCCCCCC)C(N)=O. The summed E-state index contributed by atoms with van der Waals surface area (Å²) in [6, 6.07) is 0. The molecule has 2 N–H and O–H groups in total. The van der Waals surface area contributed by atoms with E-state index in [1.165, 1.54) is 70.6 Å². The Morgan fingerprint density at radius 2 is 1.18 bits per heavy atom. The predicted molar refractivity (Wildman–Crippen MR) is 118 cm³/mol. The van der Waals surface area contributed by atoms with Gasteiger partial charge < -0.3 is 10.5 Å². The van der Waals surface area contributed by atoms with E-state index in [2.05, 4.69) is 13.5 Å². The Bertz CT molecular complexity index is 422. The first-order valence-electron chi connectivity index (χ1n) is 11.7. The molecule has 0 saturated carbocycles. The van der Waals surface area contributed by atoms with Crippen LogP contribution in [0.4, 0.5) is 0 Å². The molecule has 0 aromatic heterocycles. The fourth-order valence-corrected chi connectivity index (χ4v) is 3.77. The van der Waals surface area contributed by atoms with E-state index >= 15 is 0 Å². The van der Waals surface area contributed by atoms with Crippen LogP contribution in [0.15, 0.2) is 12.7 Å². The molecule has 0 aliphatic rings. The average molecular weight is 396 g/mol. The molecular formula is C24H45NO3. The molecule has 0 aliphatic carbocycles. The van der Waals surface area contributed by atoms with E-state index in [0.29, 0.717) is 12.8 Å². The first-order chi connectivity index (χ1) is 13.5. The summed E-state index contributed by atoms with van der Waals surface area (Å²) in [5.41, 5.74) is 4.40. The van der Waals surface area contributed by atoms with Gasteiger partial charge >= 0.3 is 5.97 Å². The van der Waals surface area contributed by atoms with Crippen molar-refractivity contribution < 1.29 is 14.3 Å². The molecule has 1 amide bonds. The van der Waals surface area contributed by atoms with Gasteiger partial charge in [0, 0.05) is 6.08 Å². The molecule has 0 aromatic carbocycles. The second-order valence-corrected chi connectivity index (χ2v) is 8.08. The van der Waals surface area contributed by atoms with Gasteiger partial charge in [0.15, 0.2) is 5.60 Å². The maximum atomic E-state index is 11.9. The minimum Gasteiger partial charge on any atom is -0.446 e. The number of ether oxygens (including phenoxy) is 1. The van der Waals surface area contributed by atoms with Crippen molar-refractivity contribution in [3.05, 3.63) is 12.7 Å². The molecule has 0 aromatic rings. The number of unbranched alkanes of at least 4 members (excludes halogenated alkanes) is 13. The largest absolute Gasteiger partial charge is 0.446 e. The van der Waals surface area contributed by atoms with E-state index in [4.69, 9.17) is 10.5 Å². The van der Waals surface area contributed by atoms with Crippen LogP contribution < -0.4 is 5.73 Å². The van der Waals surface area contributed by atoms with Gasteiger partial charge in [0.2, 0.25) is 0 Å². The Labute approximate surface area is 173 Å². The van der Waals surface area contributed by atoms with Crippen LogP contribution in [-0.4, -0.2) is 17.5 Å². The molecule has 1 atom stereocenters. The number of primary amides is 1. The van der Waals surface area contributed by atoms with Crippen molar-refractivity contribution in [2.75, 3.05) is 0 Å². The number of nitrogens with two attached hydrogens (primary N) is 1. The molecule has 0 radical (unpaired) electrons. The van der Waals surface area contributed by atoms with Gasteiger partial charge in [-0.15, -0.1) is 0 Å². The van der Waals surface area contributed by atoms with Crippen LogP contribution in [0.25, 0.3) is 0 Å². The first kappa shape index (κ1) is 26.7. The predicted octanol–water partition coefficient (Wildman–Crippen LogP) is 6.61. The molecule has 0 bridgehead atoms. The van der Waals surface area contributed by atoms with Crippen LogP contribution >= 0.6 is 0 Å². The van der Waals surface area contributed by atoms with Crippen molar-refractivity contribution in [1.29, 1.82) is 0 Å². The van der Waals surface area contributed by atoms with E-state index in [1.54, 1.807) is 0 Å². The van der Waals surface area contributed by atoms with E-state index in [-0.39, 0.29) is 0 Å². The van der Waals surface area contributed by atoms with Gasteiger partial charge in [-0.2, -0.15) is 0 Å². The Balaban J connectivity index is 3.81. The zero-order chi connectivity index (χ0) is 21.1. The second kappa shape index (κ2) is 17.8. The Morgan fingerprint density at radius 3 is 1.54 bits per heavy atom. The zero-order valence-corrected chi connectivity index (χ0v) is 18.6. The normalized spacial score (nSPS) is 13.1. The maximum absolute atomic E-state index is 11.9. The second-order valence-electron chi connectivity index (χ2n) is 8.08.